The van der Waals surface area contributed by atoms with Gasteiger partial charge in [0.1, 0.15) is 11.7 Å². The number of nitrogens with zero attached hydrogens (tertiary/aromatic N) is 4. The molecule has 116 valence electrons. The van der Waals surface area contributed by atoms with Crippen LogP contribution < -0.4 is 0 Å². The van der Waals surface area contributed by atoms with Crippen LogP contribution in [0, 0.1) is 16.7 Å². The Hall–Kier alpha value is -2.26. The quantitative estimate of drug-likeness (QED) is 0.442. The van der Waals surface area contributed by atoms with Gasteiger partial charge >= 0.3 is 0 Å². The van der Waals surface area contributed by atoms with E-state index in [0.29, 0.717) is 32.0 Å². The van der Waals surface area contributed by atoms with Crippen molar-refractivity contribution in [2.24, 2.45) is 15.6 Å². The molecule has 1 spiro atoms. The molecule has 0 aromatic carbocycles. The first-order valence-corrected chi connectivity index (χ1v) is 7.10. The van der Waals surface area contributed by atoms with Crippen LogP contribution in [0.25, 0.3) is 0 Å². The van der Waals surface area contributed by atoms with Gasteiger partial charge in [0, 0.05) is 18.7 Å². The molecule has 2 rings (SSSR count). The molecule has 2 aliphatic rings. The van der Waals surface area contributed by atoms with E-state index in [1.165, 1.54) is 0 Å². The first kappa shape index (κ1) is 16.1. The highest BCUT2D eigenvalue weighted by Gasteiger charge is 2.48. The summed E-state index contributed by atoms with van der Waals surface area (Å²) in [6, 6.07) is 2.00. The van der Waals surface area contributed by atoms with Gasteiger partial charge in [0.25, 0.3) is 0 Å². The van der Waals surface area contributed by atoms with Gasteiger partial charge in [0.15, 0.2) is 11.6 Å². The average molecular weight is 300 g/mol. The maximum atomic E-state index is 12.3. The fourth-order valence-electron chi connectivity index (χ4n) is 3.16. The largest absolute Gasteiger partial charge is 0.367 e. The molecule has 0 aromatic rings. The third kappa shape index (κ3) is 2.85. The van der Waals surface area contributed by atoms with E-state index in [0.717, 1.165) is 0 Å². The van der Waals surface area contributed by atoms with Gasteiger partial charge in [-0.15, -0.1) is 5.10 Å². The van der Waals surface area contributed by atoms with Crippen LogP contribution in [0.3, 0.4) is 0 Å². The topological polar surface area (TPSA) is 78.0 Å². The Bertz CT molecular complexity index is 612. The van der Waals surface area contributed by atoms with Crippen LogP contribution in [0.1, 0.15) is 20.3 Å². The van der Waals surface area contributed by atoms with E-state index in [2.05, 4.69) is 23.5 Å². The summed E-state index contributed by atoms with van der Waals surface area (Å²) in [6.45, 7) is 12.4. The number of morpholine rings is 1. The molecule has 1 saturated heterocycles. The predicted molar refractivity (Wildman–Crippen MR) is 84.5 cm³/mol. The van der Waals surface area contributed by atoms with Crippen molar-refractivity contribution >= 4 is 18.3 Å². The third-order valence-corrected chi connectivity index (χ3v) is 4.02. The lowest BCUT2D eigenvalue weighted by molar-refractivity contribution is -0.133. The number of carbonyl (C=O) groups is 1. The van der Waals surface area contributed by atoms with E-state index in [1.807, 2.05) is 24.8 Å². The minimum absolute atomic E-state index is 0.133. The zero-order valence-electron chi connectivity index (χ0n) is 13.0. The Balaban J connectivity index is 2.38. The normalized spacial score (nSPS) is 28.0. The van der Waals surface area contributed by atoms with Gasteiger partial charge in [-0.25, -0.2) is 0 Å². The van der Waals surface area contributed by atoms with Gasteiger partial charge < -0.3 is 9.64 Å². The molecule has 1 aliphatic heterocycles. The van der Waals surface area contributed by atoms with Crippen molar-refractivity contribution in [1.82, 2.24) is 4.90 Å². The van der Waals surface area contributed by atoms with Crippen molar-refractivity contribution in [2.75, 3.05) is 19.7 Å². The number of hydrogen-bond acceptors (Lipinski definition) is 5. The number of ether oxygens (including phenoxy) is 1. The first-order valence-electron chi connectivity index (χ1n) is 7.10. The smallest absolute Gasteiger partial charge is 0.178 e. The lowest BCUT2D eigenvalue weighted by Gasteiger charge is -2.47. The number of Topliss-reactive ketones (excluding diaryl/α,β-unsaturated/α-hetero) is 1. The van der Waals surface area contributed by atoms with E-state index in [9.17, 15) is 10.1 Å². The van der Waals surface area contributed by atoms with Gasteiger partial charge in [-0.2, -0.15) is 10.4 Å². The van der Waals surface area contributed by atoms with Crippen LogP contribution in [-0.4, -0.2) is 48.5 Å². The molecule has 6 nitrogen and oxygen atoms in total. The van der Waals surface area contributed by atoms with Gasteiger partial charge in [-0.05, 0) is 18.6 Å². The zero-order chi connectivity index (χ0) is 16.4. The van der Waals surface area contributed by atoms with Crippen LogP contribution in [0.4, 0.5) is 0 Å². The van der Waals surface area contributed by atoms with Gasteiger partial charge in [-0.3, -0.25) is 4.79 Å². The van der Waals surface area contributed by atoms with Crippen molar-refractivity contribution in [3.8, 4) is 6.07 Å². The summed E-state index contributed by atoms with van der Waals surface area (Å²) in [5, 5.41) is 16.8. The second kappa shape index (κ2) is 5.85. The van der Waals surface area contributed by atoms with E-state index in [4.69, 9.17) is 4.74 Å². The van der Waals surface area contributed by atoms with Crippen LogP contribution in [0.15, 0.2) is 34.5 Å². The van der Waals surface area contributed by atoms with Crippen molar-refractivity contribution < 1.29 is 9.53 Å². The summed E-state index contributed by atoms with van der Waals surface area (Å²) in [4.78, 5) is 14.2. The maximum absolute atomic E-state index is 12.3. The zero-order valence-corrected chi connectivity index (χ0v) is 13.0. The highest BCUT2D eigenvalue weighted by atomic mass is 16.5. The standard InChI is InChI=1S/C16H20N4O2/c1-5-13(19-18-4)20-6-7-22-16(11-20)8-12(9-17)14(21)15(2,3)10-16/h5,8H,1,4,6-7,10-11H2,2-3H3/b19-13+. The fourth-order valence-corrected chi connectivity index (χ4v) is 3.16. The second-order valence-electron chi connectivity index (χ2n) is 6.20. The summed E-state index contributed by atoms with van der Waals surface area (Å²) in [7, 11) is 0. The van der Waals surface area contributed by atoms with Crippen LogP contribution >= 0.6 is 0 Å². The van der Waals surface area contributed by atoms with E-state index in [1.54, 1.807) is 12.2 Å². The van der Waals surface area contributed by atoms with Crippen LogP contribution in [-0.2, 0) is 9.53 Å². The van der Waals surface area contributed by atoms with Crippen molar-refractivity contribution in [3.63, 3.8) is 0 Å². The van der Waals surface area contributed by atoms with Crippen LogP contribution in [0.5, 0.6) is 0 Å². The molecule has 0 bridgehead atoms. The van der Waals surface area contributed by atoms with E-state index < -0.39 is 11.0 Å². The van der Waals surface area contributed by atoms with Crippen molar-refractivity contribution in [2.45, 2.75) is 25.9 Å². The minimum Gasteiger partial charge on any atom is -0.367 e. The molecule has 1 aliphatic carbocycles. The minimum atomic E-state index is -0.675. The number of allylic oxidation sites excluding steroid dienone is 1. The fraction of sp³-hybridized carbons (Fsp3) is 0.500. The third-order valence-electron chi connectivity index (χ3n) is 4.02. The highest BCUT2D eigenvalue weighted by Crippen LogP contribution is 2.41. The van der Waals surface area contributed by atoms with E-state index >= 15 is 0 Å². The molecule has 22 heavy (non-hydrogen) atoms. The Morgan fingerprint density at radius 1 is 1.59 bits per heavy atom. The molecular formula is C16H20N4O2. The summed E-state index contributed by atoms with van der Waals surface area (Å²) < 4.78 is 5.97. The van der Waals surface area contributed by atoms with Crippen molar-refractivity contribution in [1.29, 1.82) is 5.26 Å². The maximum Gasteiger partial charge on any atom is 0.178 e. The number of carbonyl (C=O) groups excluding carboxylic acids is 1. The number of nitriles is 1. The summed E-state index contributed by atoms with van der Waals surface area (Å²) in [6.07, 6.45) is 3.79. The molecule has 0 N–H and O–H groups in total. The Kier molecular flexibility index (Phi) is 4.29. The Morgan fingerprint density at radius 2 is 2.32 bits per heavy atom. The summed E-state index contributed by atoms with van der Waals surface area (Å²) in [5.74, 6) is 0.478. The lowest BCUT2D eigenvalue weighted by atomic mass is 9.69. The summed E-state index contributed by atoms with van der Waals surface area (Å²) >= 11 is 0. The SMILES string of the molecule is C=C/C(=N\N=C)N1CCOC2(C=C(C#N)C(=O)C(C)(C)C2)C1. The van der Waals surface area contributed by atoms with Gasteiger partial charge in [-0.1, -0.05) is 20.4 Å². The van der Waals surface area contributed by atoms with Gasteiger partial charge in [0.05, 0.1) is 18.7 Å². The predicted octanol–water partition coefficient (Wildman–Crippen LogP) is 1.71. The number of amidine groups is 1. The number of ketones is 1. The number of hydrogen-bond donors (Lipinski definition) is 0. The second-order valence-corrected chi connectivity index (χ2v) is 6.20. The molecule has 1 atom stereocenters. The number of rotatable bonds is 2. The summed E-state index contributed by atoms with van der Waals surface area (Å²) in [5.41, 5.74) is -1.14. The van der Waals surface area contributed by atoms with E-state index in [-0.39, 0.29) is 11.4 Å². The molecule has 6 heteroatoms. The molecule has 0 saturated carbocycles. The molecule has 1 heterocycles. The average Bonchev–Trinajstić information content (AvgIpc) is 2.48. The molecular weight excluding hydrogens is 280 g/mol. The molecule has 0 amide bonds. The van der Waals surface area contributed by atoms with Gasteiger partial charge in [0.2, 0.25) is 0 Å². The molecule has 0 aromatic heterocycles. The Morgan fingerprint density at radius 3 is 2.91 bits per heavy atom. The molecule has 1 unspecified atom stereocenters. The monoisotopic (exact) mass is 300 g/mol. The lowest BCUT2D eigenvalue weighted by Crippen LogP contribution is -2.56. The Labute approximate surface area is 130 Å². The molecule has 0 radical (unpaired) electrons. The van der Waals surface area contributed by atoms with Crippen molar-refractivity contribution in [3.05, 3.63) is 24.3 Å². The highest BCUT2D eigenvalue weighted by molar-refractivity contribution is 6.04. The first-order chi connectivity index (χ1) is 10.4. The molecule has 1 fully saturated rings. The van der Waals surface area contributed by atoms with Crippen LogP contribution in [0.2, 0.25) is 0 Å².